The van der Waals surface area contributed by atoms with Crippen molar-refractivity contribution in [2.24, 2.45) is 11.3 Å². The molecule has 1 N–H and O–H groups in total. The van der Waals surface area contributed by atoms with E-state index in [0.717, 1.165) is 12.0 Å². The van der Waals surface area contributed by atoms with Gasteiger partial charge in [0.1, 0.15) is 0 Å². The van der Waals surface area contributed by atoms with Gasteiger partial charge in [-0.25, -0.2) is 0 Å². The average molecular weight is 282 g/mol. The summed E-state index contributed by atoms with van der Waals surface area (Å²) in [7, 11) is 0. The first-order valence-corrected chi connectivity index (χ1v) is 9.25. The van der Waals surface area contributed by atoms with E-state index in [1.54, 1.807) is 0 Å². The van der Waals surface area contributed by atoms with Crippen molar-refractivity contribution < 1.29 is 0 Å². The van der Waals surface area contributed by atoms with E-state index in [0.29, 0.717) is 11.5 Å². The molecule has 1 atom stereocenters. The number of unbranched alkanes of at least 4 members (excludes halogenated alkanes) is 3. The topological polar surface area (TPSA) is 12.0 Å². The van der Waals surface area contributed by atoms with Crippen LogP contribution in [0, 0.1) is 11.3 Å². The van der Waals surface area contributed by atoms with Gasteiger partial charge < -0.3 is 5.32 Å². The Balaban J connectivity index is 2.18. The van der Waals surface area contributed by atoms with Crippen LogP contribution < -0.4 is 5.32 Å². The van der Waals surface area contributed by atoms with Gasteiger partial charge in [0.25, 0.3) is 0 Å². The highest BCUT2D eigenvalue weighted by Crippen LogP contribution is 2.40. The van der Waals surface area contributed by atoms with E-state index in [-0.39, 0.29) is 0 Å². The summed E-state index contributed by atoms with van der Waals surface area (Å²) in [6.07, 6.45) is 13.9. The highest BCUT2D eigenvalue weighted by Gasteiger charge is 2.31. The molecule has 0 heterocycles. The largest absolute Gasteiger partial charge is 0.312 e. The maximum atomic E-state index is 3.89. The highest BCUT2D eigenvalue weighted by molar-refractivity contribution is 4.85. The summed E-state index contributed by atoms with van der Waals surface area (Å²) in [4.78, 5) is 0. The third-order valence-electron chi connectivity index (χ3n) is 5.75. The predicted molar refractivity (Wildman–Crippen MR) is 91.2 cm³/mol. The van der Waals surface area contributed by atoms with Crippen LogP contribution in [0.25, 0.3) is 0 Å². The molecule has 1 rings (SSSR count). The maximum Gasteiger partial charge on any atom is 0.00697 e. The zero-order valence-electron chi connectivity index (χ0n) is 14.8. The summed E-state index contributed by atoms with van der Waals surface area (Å²) in [6.45, 7) is 11.9. The molecule has 1 aliphatic carbocycles. The Bertz CT molecular complexity index is 238. The second kappa shape index (κ2) is 9.07. The fourth-order valence-electron chi connectivity index (χ4n) is 3.69. The molecule has 1 heteroatoms. The number of hydrogen-bond acceptors (Lipinski definition) is 1. The first-order chi connectivity index (χ1) is 9.49. The molecule has 0 spiro atoms. The Morgan fingerprint density at radius 2 is 1.65 bits per heavy atom. The van der Waals surface area contributed by atoms with Crippen LogP contribution in [-0.4, -0.2) is 12.1 Å². The lowest BCUT2D eigenvalue weighted by Crippen LogP contribution is -2.41. The molecule has 0 bridgehead atoms. The Morgan fingerprint density at radius 3 is 2.20 bits per heavy atom. The normalized spacial score (nSPS) is 25.6. The molecule has 1 saturated carbocycles. The van der Waals surface area contributed by atoms with Crippen LogP contribution >= 0.6 is 0 Å². The minimum absolute atomic E-state index is 0.552. The molecule has 0 aliphatic heterocycles. The van der Waals surface area contributed by atoms with Crippen molar-refractivity contribution in [2.45, 2.75) is 111 Å². The van der Waals surface area contributed by atoms with E-state index in [9.17, 15) is 0 Å². The molecule has 1 unspecified atom stereocenters. The quantitative estimate of drug-likeness (QED) is 0.516. The van der Waals surface area contributed by atoms with Gasteiger partial charge in [-0.05, 0) is 50.4 Å². The fourth-order valence-corrected chi connectivity index (χ4v) is 3.69. The molecule has 0 aromatic rings. The molecule has 0 saturated heterocycles. The Labute approximate surface area is 128 Å². The van der Waals surface area contributed by atoms with Gasteiger partial charge in [-0.15, -0.1) is 0 Å². The van der Waals surface area contributed by atoms with E-state index < -0.39 is 0 Å². The van der Waals surface area contributed by atoms with Gasteiger partial charge in [0, 0.05) is 12.1 Å². The van der Waals surface area contributed by atoms with E-state index >= 15 is 0 Å². The molecule has 0 radical (unpaired) electrons. The van der Waals surface area contributed by atoms with Crippen molar-refractivity contribution in [2.75, 3.05) is 0 Å². The van der Waals surface area contributed by atoms with Crippen molar-refractivity contribution in [1.82, 2.24) is 5.32 Å². The number of hydrogen-bond donors (Lipinski definition) is 1. The van der Waals surface area contributed by atoms with Crippen LogP contribution in [0.2, 0.25) is 0 Å². The SMILES string of the molecule is CCCCCCC(C)NC1CCC(C(C)(C)CC)CC1. The minimum Gasteiger partial charge on any atom is -0.312 e. The standard InChI is InChI=1S/C19H39N/c1-6-8-9-10-11-16(3)20-18-14-12-17(13-15-18)19(4,5)7-2/h16-18,20H,6-15H2,1-5H3. The van der Waals surface area contributed by atoms with Crippen LogP contribution in [0.4, 0.5) is 0 Å². The molecule has 1 aliphatic rings. The van der Waals surface area contributed by atoms with Crippen LogP contribution in [0.3, 0.4) is 0 Å². The maximum absolute atomic E-state index is 3.89. The first-order valence-electron chi connectivity index (χ1n) is 9.25. The summed E-state index contributed by atoms with van der Waals surface area (Å²) >= 11 is 0. The zero-order chi connectivity index (χ0) is 15.0. The fraction of sp³-hybridized carbons (Fsp3) is 1.00. The molecule has 20 heavy (non-hydrogen) atoms. The van der Waals surface area contributed by atoms with Gasteiger partial charge in [-0.1, -0.05) is 59.8 Å². The highest BCUT2D eigenvalue weighted by atomic mass is 14.9. The lowest BCUT2D eigenvalue weighted by molar-refractivity contribution is 0.134. The second-order valence-corrected chi connectivity index (χ2v) is 7.81. The summed E-state index contributed by atoms with van der Waals surface area (Å²) in [5.74, 6) is 0.949. The van der Waals surface area contributed by atoms with Crippen molar-refractivity contribution >= 4 is 0 Å². The molecule has 1 fully saturated rings. The molecule has 0 aromatic heterocycles. The summed E-state index contributed by atoms with van der Waals surface area (Å²) in [5.41, 5.74) is 0.552. The van der Waals surface area contributed by atoms with E-state index in [2.05, 4.69) is 39.9 Å². The van der Waals surface area contributed by atoms with Gasteiger partial charge >= 0.3 is 0 Å². The average Bonchev–Trinajstić information content (AvgIpc) is 2.44. The van der Waals surface area contributed by atoms with Gasteiger partial charge in [0.05, 0.1) is 0 Å². The molecular formula is C19H39N. The van der Waals surface area contributed by atoms with Gasteiger partial charge in [-0.2, -0.15) is 0 Å². The lowest BCUT2D eigenvalue weighted by Gasteiger charge is -2.39. The smallest absolute Gasteiger partial charge is 0.00697 e. The second-order valence-electron chi connectivity index (χ2n) is 7.81. The predicted octanol–water partition coefficient (Wildman–Crippen LogP) is 5.93. The molecular weight excluding hydrogens is 242 g/mol. The summed E-state index contributed by atoms with van der Waals surface area (Å²) < 4.78 is 0. The van der Waals surface area contributed by atoms with Gasteiger partial charge in [0.2, 0.25) is 0 Å². The van der Waals surface area contributed by atoms with Gasteiger partial charge in [-0.3, -0.25) is 0 Å². The molecule has 0 aromatic carbocycles. The zero-order valence-corrected chi connectivity index (χ0v) is 14.8. The van der Waals surface area contributed by atoms with E-state index in [1.165, 1.54) is 64.2 Å². The van der Waals surface area contributed by atoms with E-state index in [1.807, 2.05) is 0 Å². The minimum atomic E-state index is 0.552. The van der Waals surface area contributed by atoms with Crippen molar-refractivity contribution in [3.63, 3.8) is 0 Å². The first kappa shape index (κ1) is 18.0. The van der Waals surface area contributed by atoms with E-state index in [4.69, 9.17) is 0 Å². The summed E-state index contributed by atoms with van der Waals surface area (Å²) in [6, 6.07) is 1.51. The Kier molecular flexibility index (Phi) is 8.17. The number of rotatable bonds is 9. The molecule has 1 nitrogen and oxygen atoms in total. The van der Waals surface area contributed by atoms with Crippen LogP contribution in [0.15, 0.2) is 0 Å². The van der Waals surface area contributed by atoms with Crippen molar-refractivity contribution in [3.8, 4) is 0 Å². The Morgan fingerprint density at radius 1 is 1.00 bits per heavy atom. The number of nitrogens with one attached hydrogen (secondary N) is 1. The van der Waals surface area contributed by atoms with Crippen LogP contribution in [-0.2, 0) is 0 Å². The third-order valence-corrected chi connectivity index (χ3v) is 5.75. The monoisotopic (exact) mass is 281 g/mol. The van der Waals surface area contributed by atoms with Crippen LogP contribution in [0.5, 0.6) is 0 Å². The molecule has 0 amide bonds. The van der Waals surface area contributed by atoms with Gasteiger partial charge in [0.15, 0.2) is 0 Å². The Hall–Kier alpha value is -0.0400. The van der Waals surface area contributed by atoms with Crippen LogP contribution in [0.1, 0.15) is 98.8 Å². The van der Waals surface area contributed by atoms with Crippen molar-refractivity contribution in [1.29, 1.82) is 0 Å². The lowest BCUT2D eigenvalue weighted by atomic mass is 9.69. The third kappa shape index (κ3) is 6.16. The summed E-state index contributed by atoms with van der Waals surface area (Å²) in [5, 5.41) is 3.89. The van der Waals surface area contributed by atoms with Crippen molar-refractivity contribution in [3.05, 3.63) is 0 Å². The molecule has 120 valence electrons.